The van der Waals surface area contributed by atoms with Crippen LogP contribution in [0, 0.1) is 5.41 Å². The molecule has 0 aliphatic heterocycles. The van der Waals surface area contributed by atoms with Crippen molar-refractivity contribution in [1.82, 2.24) is 0 Å². The molecule has 3 heteroatoms. The van der Waals surface area contributed by atoms with E-state index < -0.39 is 0 Å². The largest absolute Gasteiger partial charge is 0.497 e. The van der Waals surface area contributed by atoms with Crippen LogP contribution < -0.4 is 10.5 Å². The maximum absolute atomic E-state index is 6.21. The van der Waals surface area contributed by atoms with Gasteiger partial charge in [-0.3, -0.25) is 0 Å². The van der Waals surface area contributed by atoms with Crippen molar-refractivity contribution in [3.05, 3.63) is 29.8 Å². The standard InChI is InChI=1S/C17H27NO2/c1-17(2)9-7-14(8-10-17)20-12-16(18)13-5-4-6-15(11-13)19-3/h4-6,11,14,16H,7-10,12,18H2,1-3H3. The van der Waals surface area contributed by atoms with Crippen LogP contribution in [0.2, 0.25) is 0 Å². The maximum Gasteiger partial charge on any atom is 0.119 e. The molecule has 1 aliphatic carbocycles. The van der Waals surface area contributed by atoms with E-state index in [1.54, 1.807) is 7.11 Å². The van der Waals surface area contributed by atoms with Gasteiger partial charge in [-0.1, -0.05) is 26.0 Å². The predicted octanol–water partition coefficient (Wildman–Crippen LogP) is 3.68. The summed E-state index contributed by atoms with van der Waals surface area (Å²) in [5.41, 5.74) is 7.76. The molecule has 1 aromatic carbocycles. The minimum Gasteiger partial charge on any atom is -0.497 e. The van der Waals surface area contributed by atoms with E-state index in [-0.39, 0.29) is 6.04 Å². The molecule has 0 heterocycles. The molecule has 1 aromatic rings. The van der Waals surface area contributed by atoms with E-state index in [9.17, 15) is 0 Å². The first kappa shape index (κ1) is 15.3. The lowest BCUT2D eigenvalue weighted by Crippen LogP contribution is -2.29. The lowest BCUT2D eigenvalue weighted by molar-refractivity contribution is -0.00186. The van der Waals surface area contributed by atoms with Crippen LogP contribution in [0.15, 0.2) is 24.3 Å². The van der Waals surface area contributed by atoms with Gasteiger partial charge in [0.2, 0.25) is 0 Å². The summed E-state index contributed by atoms with van der Waals surface area (Å²) in [6.07, 6.45) is 5.16. The Morgan fingerprint density at radius 3 is 2.65 bits per heavy atom. The zero-order valence-corrected chi connectivity index (χ0v) is 12.9. The molecule has 1 fully saturated rings. The Balaban J connectivity index is 1.81. The van der Waals surface area contributed by atoms with E-state index in [0.29, 0.717) is 18.1 Å². The second-order valence-corrected chi connectivity index (χ2v) is 6.58. The Labute approximate surface area is 122 Å². The van der Waals surface area contributed by atoms with Crippen LogP contribution in [0.4, 0.5) is 0 Å². The summed E-state index contributed by atoms with van der Waals surface area (Å²) >= 11 is 0. The van der Waals surface area contributed by atoms with Gasteiger partial charge in [0.05, 0.1) is 25.9 Å². The number of hydrogen-bond acceptors (Lipinski definition) is 3. The highest BCUT2D eigenvalue weighted by Crippen LogP contribution is 2.36. The summed E-state index contributed by atoms with van der Waals surface area (Å²) in [7, 11) is 1.67. The predicted molar refractivity (Wildman–Crippen MR) is 81.9 cm³/mol. The molecule has 0 aromatic heterocycles. The summed E-state index contributed by atoms with van der Waals surface area (Å²) in [5.74, 6) is 0.845. The number of benzene rings is 1. The molecule has 0 amide bonds. The summed E-state index contributed by atoms with van der Waals surface area (Å²) in [6, 6.07) is 7.83. The Bertz CT molecular complexity index is 421. The average Bonchev–Trinajstić information content (AvgIpc) is 2.46. The fraction of sp³-hybridized carbons (Fsp3) is 0.647. The topological polar surface area (TPSA) is 44.5 Å². The van der Waals surface area contributed by atoms with Gasteiger partial charge in [0.25, 0.3) is 0 Å². The average molecular weight is 277 g/mol. The van der Waals surface area contributed by atoms with Crippen LogP contribution in [0.5, 0.6) is 5.75 Å². The molecule has 112 valence electrons. The van der Waals surface area contributed by atoms with Gasteiger partial charge in [0, 0.05) is 0 Å². The Hall–Kier alpha value is -1.06. The summed E-state index contributed by atoms with van der Waals surface area (Å²) in [4.78, 5) is 0. The molecule has 1 aliphatic rings. The molecule has 0 radical (unpaired) electrons. The van der Waals surface area contributed by atoms with Crippen molar-refractivity contribution in [1.29, 1.82) is 0 Å². The highest BCUT2D eigenvalue weighted by Gasteiger charge is 2.27. The van der Waals surface area contributed by atoms with Crippen LogP contribution in [0.1, 0.15) is 51.1 Å². The lowest BCUT2D eigenvalue weighted by atomic mass is 9.76. The van der Waals surface area contributed by atoms with Gasteiger partial charge in [-0.2, -0.15) is 0 Å². The third-order valence-electron chi connectivity index (χ3n) is 4.32. The Morgan fingerprint density at radius 1 is 1.30 bits per heavy atom. The molecule has 3 nitrogen and oxygen atoms in total. The zero-order valence-electron chi connectivity index (χ0n) is 12.9. The van der Waals surface area contributed by atoms with Crippen LogP contribution in [-0.2, 0) is 4.74 Å². The molecule has 20 heavy (non-hydrogen) atoms. The van der Waals surface area contributed by atoms with Crippen molar-refractivity contribution in [2.45, 2.75) is 51.7 Å². The molecular weight excluding hydrogens is 250 g/mol. The molecule has 1 unspecified atom stereocenters. The summed E-state index contributed by atoms with van der Waals surface area (Å²) in [6.45, 7) is 5.26. The van der Waals surface area contributed by atoms with Crippen LogP contribution >= 0.6 is 0 Å². The van der Waals surface area contributed by atoms with Crippen molar-refractivity contribution in [3.63, 3.8) is 0 Å². The zero-order chi connectivity index (χ0) is 14.6. The minimum absolute atomic E-state index is 0.0833. The maximum atomic E-state index is 6.21. The van der Waals surface area contributed by atoms with Crippen LogP contribution in [-0.4, -0.2) is 19.8 Å². The van der Waals surface area contributed by atoms with E-state index >= 15 is 0 Å². The molecule has 1 atom stereocenters. The smallest absolute Gasteiger partial charge is 0.119 e. The van der Waals surface area contributed by atoms with Gasteiger partial charge in [-0.25, -0.2) is 0 Å². The van der Waals surface area contributed by atoms with Crippen molar-refractivity contribution in [3.8, 4) is 5.75 Å². The van der Waals surface area contributed by atoms with Gasteiger partial charge in [0.1, 0.15) is 5.75 Å². The molecule has 1 saturated carbocycles. The fourth-order valence-corrected chi connectivity index (χ4v) is 2.75. The molecule has 2 rings (SSSR count). The van der Waals surface area contributed by atoms with Crippen molar-refractivity contribution in [2.24, 2.45) is 11.1 Å². The molecule has 0 bridgehead atoms. The van der Waals surface area contributed by atoms with E-state index in [2.05, 4.69) is 13.8 Å². The van der Waals surface area contributed by atoms with E-state index in [0.717, 1.165) is 24.2 Å². The second kappa shape index (κ2) is 6.59. The third-order valence-corrected chi connectivity index (χ3v) is 4.32. The second-order valence-electron chi connectivity index (χ2n) is 6.58. The third kappa shape index (κ3) is 4.22. The van der Waals surface area contributed by atoms with Gasteiger partial charge in [-0.15, -0.1) is 0 Å². The summed E-state index contributed by atoms with van der Waals surface area (Å²) < 4.78 is 11.2. The molecule has 0 saturated heterocycles. The first-order valence-corrected chi connectivity index (χ1v) is 7.51. The quantitative estimate of drug-likeness (QED) is 0.893. The van der Waals surface area contributed by atoms with Crippen molar-refractivity contribution < 1.29 is 9.47 Å². The number of ether oxygens (including phenoxy) is 2. The first-order chi connectivity index (χ1) is 9.50. The normalized spacial score (nSPS) is 20.6. The van der Waals surface area contributed by atoms with Gasteiger partial charge < -0.3 is 15.2 Å². The van der Waals surface area contributed by atoms with E-state index in [1.807, 2.05) is 24.3 Å². The summed E-state index contributed by atoms with van der Waals surface area (Å²) in [5, 5.41) is 0. The Kier molecular flexibility index (Phi) is 5.06. The van der Waals surface area contributed by atoms with Gasteiger partial charge in [-0.05, 0) is 48.8 Å². The van der Waals surface area contributed by atoms with Crippen molar-refractivity contribution >= 4 is 0 Å². The lowest BCUT2D eigenvalue weighted by Gasteiger charge is -2.34. The SMILES string of the molecule is COc1cccc(C(N)COC2CCC(C)(C)CC2)c1. The fourth-order valence-electron chi connectivity index (χ4n) is 2.75. The molecule has 2 N–H and O–H groups in total. The van der Waals surface area contributed by atoms with E-state index in [1.165, 1.54) is 12.8 Å². The van der Waals surface area contributed by atoms with Crippen molar-refractivity contribution in [2.75, 3.05) is 13.7 Å². The highest BCUT2D eigenvalue weighted by atomic mass is 16.5. The van der Waals surface area contributed by atoms with Gasteiger partial charge in [0.15, 0.2) is 0 Å². The molecular formula is C17H27NO2. The monoisotopic (exact) mass is 277 g/mol. The van der Waals surface area contributed by atoms with Gasteiger partial charge >= 0.3 is 0 Å². The highest BCUT2D eigenvalue weighted by molar-refractivity contribution is 5.30. The minimum atomic E-state index is -0.0833. The Morgan fingerprint density at radius 2 is 2.00 bits per heavy atom. The number of hydrogen-bond donors (Lipinski definition) is 1. The number of nitrogens with two attached hydrogens (primary N) is 1. The van der Waals surface area contributed by atoms with E-state index in [4.69, 9.17) is 15.2 Å². The van der Waals surface area contributed by atoms with Crippen LogP contribution in [0.25, 0.3) is 0 Å². The van der Waals surface area contributed by atoms with Crippen LogP contribution in [0.3, 0.4) is 0 Å². The first-order valence-electron chi connectivity index (χ1n) is 7.51. The molecule has 0 spiro atoms. The number of methoxy groups -OCH3 is 1. The number of rotatable bonds is 5.